The number of azo groups is 3. The molecule has 32 heteroatoms. The lowest BCUT2D eigenvalue weighted by Crippen LogP contribution is -2.21. The average molecular weight is 1140 g/mol. The Morgan fingerprint density at radius 1 is 0.649 bits per heavy atom. The van der Waals surface area contributed by atoms with Gasteiger partial charge in [0.15, 0.2) is 15.6 Å². The number of sulfone groups is 1. The Kier molecular flexibility index (Phi) is 16.9. The number of nitrogens with one attached hydrogen (secondary N) is 2. The van der Waals surface area contributed by atoms with Crippen LogP contribution in [0.2, 0.25) is 0 Å². The van der Waals surface area contributed by atoms with E-state index in [0.29, 0.717) is 35.3 Å². The van der Waals surface area contributed by atoms with Crippen molar-refractivity contribution in [2.24, 2.45) is 30.7 Å². The molecule has 0 fully saturated rings. The number of amides is 1. The molecule has 1 amide bonds. The summed E-state index contributed by atoms with van der Waals surface area (Å²) >= 11 is 3.46. The highest BCUT2D eigenvalue weighted by Gasteiger charge is 2.29. The molecule has 0 aliphatic rings. The fourth-order valence-electron chi connectivity index (χ4n) is 6.86. The van der Waals surface area contributed by atoms with Crippen molar-refractivity contribution >= 4 is 137 Å². The summed E-state index contributed by atoms with van der Waals surface area (Å²) in [5.74, 6) is -2.22. The monoisotopic (exact) mass is 1130 g/mol. The number of nitrogens with zero attached hydrogens (tertiary/aromatic N) is 7. The summed E-state index contributed by atoms with van der Waals surface area (Å²) in [6.07, 6.45) is 0. The average Bonchev–Trinajstić information content (AvgIpc) is 3.32. The van der Waals surface area contributed by atoms with E-state index in [0.717, 1.165) is 55.2 Å². The number of hydrogen-bond acceptors (Lipinski definition) is 22. The van der Waals surface area contributed by atoms with Gasteiger partial charge in [-0.2, -0.15) is 35.5 Å². The first kappa shape index (κ1) is 56.3. The molecular formula is C42H42N10O16S6. The molecule has 0 aromatic heterocycles. The van der Waals surface area contributed by atoms with Gasteiger partial charge in [-0.25, -0.2) is 16.8 Å². The molecule has 74 heavy (non-hydrogen) atoms. The van der Waals surface area contributed by atoms with Gasteiger partial charge in [-0.15, -0.1) is 20.5 Å². The van der Waals surface area contributed by atoms with Gasteiger partial charge >= 0.3 is 0 Å². The number of aromatic hydroxyl groups is 1. The maximum atomic E-state index is 13.4. The van der Waals surface area contributed by atoms with Gasteiger partial charge < -0.3 is 25.2 Å². The second-order valence-corrected chi connectivity index (χ2v) is 23.5. The number of nitrogen functional groups attached to an aromatic ring is 1. The summed E-state index contributed by atoms with van der Waals surface area (Å²) < 4.78 is 164. The summed E-state index contributed by atoms with van der Waals surface area (Å²) in [5.41, 5.74) is 4.74. The van der Waals surface area contributed by atoms with Crippen LogP contribution in [0.25, 0.3) is 10.8 Å². The summed E-state index contributed by atoms with van der Waals surface area (Å²) in [7, 11) is -24.5. The third-order valence-electron chi connectivity index (χ3n) is 10.4. The van der Waals surface area contributed by atoms with E-state index in [1.165, 1.54) is 31.2 Å². The Bertz CT molecular complexity index is 3860. The molecule has 0 aliphatic carbocycles. The second-order valence-electron chi connectivity index (χ2n) is 15.3. The van der Waals surface area contributed by atoms with E-state index in [1.54, 1.807) is 12.1 Å². The highest BCUT2D eigenvalue weighted by molar-refractivity contribution is 7.92. The van der Waals surface area contributed by atoms with Crippen molar-refractivity contribution in [2.75, 3.05) is 46.1 Å². The Morgan fingerprint density at radius 3 is 1.72 bits per heavy atom. The molecule has 26 nitrogen and oxygen atoms in total. The van der Waals surface area contributed by atoms with Gasteiger partial charge in [-0.3, -0.25) is 23.2 Å². The molecule has 0 heterocycles. The quantitative estimate of drug-likeness (QED) is 0.0117. The molecule has 0 unspecified atom stereocenters. The number of carbonyl (C=O) groups is 1. The number of sulfonamides is 1. The van der Waals surface area contributed by atoms with Crippen molar-refractivity contribution in [1.29, 1.82) is 0 Å². The van der Waals surface area contributed by atoms with Crippen LogP contribution in [0.4, 0.5) is 56.9 Å². The number of thiol groups is 1. The molecule has 8 N–H and O–H groups in total. The smallest absolute Gasteiger partial charge is 0.296 e. The summed E-state index contributed by atoms with van der Waals surface area (Å²) in [6.45, 7) is 6.43. The Labute approximate surface area is 429 Å². The van der Waals surface area contributed by atoms with E-state index < -0.39 is 121 Å². The number of carbonyl (C=O) groups excluding carboxylic acids is 1. The normalized spacial score (nSPS) is 12.8. The lowest BCUT2D eigenvalue weighted by molar-refractivity contribution is -0.114. The molecule has 0 bridgehead atoms. The Morgan fingerprint density at radius 2 is 1.16 bits per heavy atom. The predicted octanol–water partition coefficient (Wildman–Crippen LogP) is 8.35. The fraction of sp³-hybridized carbons (Fsp3) is 0.167. The van der Waals surface area contributed by atoms with Gasteiger partial charge in [0, 0.05) is 31.4 Å². The first-order chi connectivity index (χ1) is 34.6. The van der Waals surface area contributed by atoms with Crippen LogP contribution in [0.3, 0.4) is 0 Å². The fourth-order valence-corrected chi connectivity index (χ4v) is 11.3. The van der Waals surface area contributed by atoms with E-state index in [1.807, 2.05) is 19.9 Å². The van der Waals surface area contributed by atoms with Crippen LogP contribution < -0.4 is 20.7 Å². The van der Waals surface area contributed by atoms with E-state index >= 15 is 0 Å². The van der Waals surface area contributed by atoms with Crippen molar-refractivity contribution in [3.63, 3.8) is 0 Å². The van der Waals surface area contributed by atoms with Crippen LogP contribution >= 0.6 is 12.9 Å². The van der Waals surface area contributed by atoms with Crippen LogP contribution in [-0.2, 0) is 59.2 Å². The van der Waals surface area contributed by atoms with Crippen LogP contribution in [0.1, 0.15) is 20.8 Å². The zero-order valence-electron chi connectivity index (χ0n) is 38.5. The van der Waals surface area contributed by atoms with Gasteiger partial charge in [0.05, 0.1) is 50.3 Å². The highest BCUT2D eigenvalue weighted by Crippen LogP contribution is 2.48. The lowest BCUT2D eigenvalue weighted by atomic mass is 10.1. The molecule has 0 aliphatic heterocycles. The molecule has 6 rings (SSSR count). The first-order valence-corrected chi connectivity index (χ1v) is 28.7. The zero-order valence-corrected chi connectivity index (χ0v) is 43.4. The highest BCUT2D eigenvalue weighted by atomic mass is 32.2. The molecule has 6 aromatic carbocycles. The topological polar surface area (TPSA) is 405 Å². The summed E-state index contributed by atoms with van der Waals surface area (Å²) in [6, 6.07) is 19.0. The number of fused-ring (bicyclic) bond motifs is 1. The van der Waals surface area contributed by atoms with Crippen molar-refractivity contribution in [1.82, 2.24) is 0 Å². The molecule has 6 aromatic rings. The largest absolute Gasteiger partial charge is 0.505 e. The van der Waals surface area contributed by atoms with Gasteiger partial charge in [0.25, 0.3) is 40.4 Å². The molecule has 0 radical (unpaired) electrons. The molecule has 0 saturated carbocycles. The zero-order chi connectivity index (χ0) is 54.6. The Balaban J connectivity index is 1.29. The molecule has 392 valence electrons. The Hall–Kier alpha value is -7.01. The molecule has 0 saturated heterocycles. The van der Waals surface area contributed by atoms with Gasteiger partial charge in [-0.05, 0) is 129 Å². The summed E-state index contributed by atoms with van der Waals surface area (Å²) in [5, 5.41) is 36.3. The number of phenolic OH excluding ortho intramolecular Hbond substituents is 1. The van der Waals surface area contributed by atoms with Crippen LogP contribution in [0.5, 0.6) is 5.75 Å². The number of anilines is 4. The minimum atomic E-state index is -5.44. The number of rotatable bonds is 20. The van der Waals surface area contributed by atoms with Gasteiger partial charge in [0.2, 0.25) is 5.91 Å². The predicted molar refractivity (Wildman–Crippen MR) is 273 cm³/mol. The second kappa shape index (κ2) is 22.2. The van der Waals surface area contributed by atoms with Crippen molar-refractivity contribution < 1.29 is 69.8 Å². The van der Waals surface area contributed by atoms with Crippen molar-refractivity contribution in [3.8, 4) is 5.75 Å². The third kappa shape index (κ3) is 13.2. The van der Waals surface area contributed by atoms with Gasteiger partial charge in [0.1, 0.15) is 37.4 Å². The molecule has 0 spiro atoms. The van der Waals surface area contributed by atoms with Crippen molar-refractivity contribution in [3.05, 3.63) is 97.1 Å². The van der Waals surface area contributed by atoms with E-state index in [2.05, 4.69) is 62.7 Å². The standard InChI is InChI=1S/C42H42N10O16S6/c1-4-52(5-2)29-12-16-32(34(22-29)44-24(3)53)47-45-26-6-8-28(9-7-26)51-71(57,58)30-13-10-27(11-14-30)46-49-40-36(73(62,63)64)20-25-21-37(74(65,66)67)41(42(54)38(25)39(40)43)50-48-33-17-15-31(23-35(33)72(59,60)61)70(55,56)19-18-68-69/h6-17,20-23,51,54,69H,4-5,18-19,43H2,1-3H3,(H,44,53)(H,59,60,61)(H,62,63,64)(H,65,66,67). The van der Waals surface area contributed by atoms with Crippen LogP contribution in [0.15, 0.2) is 152 Å². The lowest BCUT2D eigenvalue weighted by Gasteiger charge is -2.22. The van der Waals surface area contributed by atoms with Crippen LogP contribution in [-0.4, -0.2) is 92.2 Å². The maximum absolute atomic E-state index is 13.4. The van der Waals surface area contributed by atoms with E-state index in [9.17, 15) is 65.6 Å². The maximum Gasteiger partial charge on any atom is 0.296 e. The number of hydrogen-bond donors (Lipinski definition) is 8. The first-order valence-electron chi connectivity index (χ1n) is 20.9. The number of phenols is 1. The SMILES string of the molecule is CCN(CC)c1ccc(N=Nc2ccc(NS(=O)(=O)c3ccc(N=Nc4c(S(=O)(=O)O)cc5cc(S(=O)(=O)O)c(N=Nc6ccc(S(=O)(=O)CCOS)cc6S(=O)(=O)O)c(O)c5c4N)cc3)cc2)c(NC(C)=O)c1. The minimum absolute atomic E-state index is 0.118. The van der Waals surface area contributed by atoms with E-state index in [-0.39, 0.29) is 22.2 Å². The van der Waals surface area contributed by atoms with Crippen molar-refractivity contribution in [2.45, 2.75) is 45.2 Å². The van der Waals surface area contributed by atoms with Gasteiger partial charge in [-0.1, -0.05) is 0 Å². The minimum Gasteiger partial charge on any atom is -0.505 e. The van der Waals surface area contributed by atoms with E-state index in [4.69, 9.17) is 5.73 Å². The number of nitrogens with two attached hydrogens (primary N) is 1. The molecular weight excluding hydrogens is 1090 g/mol. The summed E-state index contributed by atoms with van der Waals surface area (Å²) in [4.78, 5) is 9.59. The number of benzene rings is 6. The third-order valence-corrected chi connectivity index (χ3v) is 16.2. The van der Waals surface area contributed by atoms with Crippen LogP contribution in [0, 0.1) is 0 Å². The molecule has 0 atom stereocenters.